The number of halogens is 1. The standard InChI is InChI=1S/C34H26N3O.C18H23FGeN.Ir/c1-20-9-7-10-24(17-20)27-18-35-19-30-31(27)25-11-8-12-26(33(25)38-30)34-36-28-13-5-6-14-29(28)37(34)32-22(3)15-21(2)16-23(32)4;1-13(2)10-14-11-18(15-8-6-7-9-16(15)19)21-12-17(14)20(3,4)5;/h5-11,13-19H,1-4H3;6-7,9,11-13H,10H2,1-5H3;/q2*-1;/i1D3,7D;;. The molecule has 9 aromatic rings. The molecular formula is C52H49FGeIrN4O-2. The quantitative estimate of drug-likeness (QED) is 0.118. The third-order valence-corrected chi connectivity index (χ3v) is 14.9. The van der Waals surface area contributed by atoms with Crippen LogP contribution in [0.15, 0.2) is 120 Å². The summed E-state index contributed by atoms with van der Waals surface area (Å²) in [5, 5.41) is 1.63. The number of hydrogen-bond acceptors (Lipinski definition) is 4. The first-order chi connectivity index (χ1) is 29.9. The van der Waals surface area contributed by atoms with Crippen molar-refractivity contribution < 1.29 is 34.4 Å². The molecule has 0 fully saturated rings. The van der Waals surface area contributed by atoms with Crippen LogP contribution in [0.25, 0.3) is 72.4 Å². The number of para-hydroxylation sites is 2. The zero-order chi connectivity index (χ0) is 45.0. The smallest absolute Gasteiger partial charge is 0.139 e. The van der Waals surface area contributed by atoms with Crippen molar-refractivity contribution in [2.45, 2.75) is 65.2 Å². The van der Waals surface area contributed by atoms with Crippen LogP contribution in [0.3, 0.4) is 0 Å². The molecule has 0 bridgehead atoms. The van der Waals surface area contributed by atoms with Crippen molar-refractivity contribution in [3.8, 4) is 39.5 Å². The van der Waals surface area contributed by atoms with Crippen molar-refractivity contribution in [1.29, 1.82) is 0 Å². The van der Waals surface area contributed by atoms with Gasteiger partial charge in [0.1, 0.15) is 5.58 Å². The number of fused-ring (bicyclic) bond motifs is 4. The second kappa shape index (κ2) is 17.4. The van der Waals surface area contributed by atoms with Crippen molar-refractivity contribution in [2.24, 2.45) is 5.92 Å². The number of imidazole rings is 1. The van der Waals surface area contributed by atoms with Gasteiger partial charge in [0, 0.05) is 47.1 Å². The molecule has 0 aliphatic carbocycles. The van der Waals surface area contributed by atoms with E-state index in [2.05, 4.69) is 103 Å². The SMILES string of the molecule is CC(C)Cc1cc(-c2[c-]cccc2F)nc[c]1[Ge]([CH3])([CH3])[CH3].[2H]c1cc(-c2cncc3oc4c(-c5nc6ccccc6n5-c5c(C)cc(C)cc5C)[c-]ccc4c23)cc(C([2H])([2H])[2H])c1.[Ir]. The van der Waals surface area contributed by atoms with E-state index in [1.165, 1.54) is 27.7 Å². The molecule has 9 rings (SSSR count). The van der Waals surface area contributed by atoms with Crippen LogP contribution < -0.4 is 4.40 Å². The van der Waals surface area contributed by atoms with E-state index in [4.69, 9.17) is 14.9 Å². The van der Waals surface area contributed by atoms with E-state index >= 15 is 0 Å². The monoisotopic (exact) mass is 1040 g/mol. The molecule has 4 aromatic heterocycles. The van der Waals surface area contributed by atoms with Crippen molar-refractivity contribution in [3.63, 3.8) is 0 Å². The molecule has 0 unspecified atom stereocenters. The number of aryl methyl sites for hydroxylation is 4. The molecular weight excluding hydrogens is 980 g/mol. The van der Waals surface area contributed by atoms with Gasteiger partial charge in [-0.2, -0.15) is 0 Å². The largest absolute Gasteiger partial charge is 0.499 e. The van der Waals surface area contributed by atoms with Crippen LogP contribution in [0.1, 0.15) is 47.1 Å². The molecule has 0 N–H and O–H groups in total. The molecule has 0 saturated heterocycles. The molecule has 5 nitrogen and oxygen atoms in total. The van der Waals surface area contributed by atoms with Crippen LogP contribution >= 0.6 is 0 Å². The average Bonchev–Trinajstić information content (AvgIpc) is 3.79. The van der Waals surface area contributed by atoms with Gasteiger partial charge in [-0.1, -0.05) is 70.6 Å². The maximum atomic E-state index is 13.9. The Bertz CT molecular complexity index is 3170. The number of rotatable bonds is 7. The van der Waals surface area contributed by atoms with Crippen molar-refractivity contribution in [1.82, 2.24) is 19.5 Å². The Balaban J connectivity index is 0.000000236. The molecule has 0 atom stereocenters. The molecule has 8 heteroatoms. The van der Waals surface area contributed by atoms with Gasteiger partial charge in [0.05, 0.1) is 30.0 Å². The molecule has 60 heavy (non-hydrogen) atoms. The minimum atomic E-state index is -2.33. The first-order valence-electron chi connectivity index (χ1n) is 21.9. The molecule has 0 amide bonds. The number of aromatic nitrogens is 4. The van der Waals surface area contributed by atoms with E-state index < -0.39 is 20.1 Å². The Morgan fingerprint density at radius 2 is 1.63 bits per heavy atom. The van der Waals surface area contributed by atoms with Gasteiger partial charge in [0.15, 0.2) is 0 Å². The Labute approximate surface area is 374 Å². The maximum Gasteiger partial charge on any atom is 0.139 e. The number of furan rings is 1. The van der Waals surface area contributed by atoms with Crippen LogP contribution in [-0.2, 0) is 26.5 Å². The zero-order valence-electron chi connectivity index (χ0n) is 39.1. The predicted octanol–water partition coefficient (Wildman–Crippen LogP) is 13.1. The van der Waals surface area contributed by atoms with Gasteiger partial charge in [0.2, 0.25) is 0 Å². The summed E-state index contributed by atoms with van der Waals surface area (Å²) >= 11 is -1.97. The van der Waals surface area contributed by atoms with E-state index in [0.29, 0.717) is 50.9 Å². The molecule has 305 valence electrons. The van der Waals surface area contributed by atoms with E-state index in [9.17, 15) is 4.39 Å². The summed E-state index contributed by atoms with van der Waals surface area (Å²) in [6, 6.07) is 34.3. The molecule has 5 aromatic carbocycles. The Hall–Kier alpha value is -5.21. The normalized spacial score (nSPS) is 12.8. The van der Waals surface area contributed by atoms with Gasteiger partial charge in [-0.15, -0.1) is 18.2 Å². The van der Waals surface area contributed by atoms with Gasteiger partial charge in [-0.05, 0) is 56.4 Å². The summed E-state index contributed by atoms with van der Waals surface area (Å²) in [5.74, 6) is 8.14. The van der Waals surface area contributed by atoms with Crippen LogP contribution in [0, 0.1) is 51.5 Å². The first-order valence-corrected chi connectivity index (χ1v) is 27.3. The minimum Gasteiger partial charge on any atom is -0.499 e. The number of pyridine rings is 2. The van der Waals surface area contributed by atoms with Crippen LogP contribution in [-0.4, -0.2) is 32.8 Å². The number of nitrogens with zero attached hydrogens (tertiary/aromatic N) is 4. The van der Waals surface area contributed by atoms with Gasteiger partial charge in [-0.3, -0.25) is 9.97 Å². The third-order valence-electron chi connectivity index (χ3n) is 10.6. The maximum absolute atomic E-state index is 13.9. The summed E-state index contributed by atoms with van der Waals surface area (Å²) in [7, 11) is 0. The van der Waals surface area contributed by atoms with Crippen LogP contribution in [0.4, 0.5) is 4.39 Å². The summed E-state index contributed by atoms with van der Waals surface area (Å²) < 4.78 is 56.0. The Kier molecular flexibility index (Phi) is 11.0. The second-order valence-corrected chi connectivity index (χ2v) is 27.3. The fourth-order valence-electron chi connectivity index (χ4n) is 8.18. The zero-order valence-corrected chi connectivity index (χ0v) is 39.6. The molecule has 0 saturated carbocycles. The van der Waals surface area contributed by atoms with Gasteiger partial charge in [0.25, 0.3) is 0 Å². The van der Waals surface area contributed by atoms with E-state index in [-0.39, 0.29) is 37.5 Å². The van der Waals surface area contributed by atoms with Crippen LogP contribution in [0.5, 0.6) is 0 Å². The predicted molar refractivity (Wildman–Crippen MR) is 245 cm³/mol. The number of benzene rings is 5. The summed E-state index contributed by atoms with van der Waals surface area (Å²) in [4.78, 5) is 14.0. The van der Waals surface area contributed by atoms with E-state index in [1.807, 2.05) is 36.5 Å². The van der Waals surface area contributed by atoms with Gasteiger partial charge >= 0.3 is 130 Å². The van der Waals surface area contributed by atoms with Gasteiger partial charge < -0.3 is 8.98 Å². The van der Waals surface area contributed by atoms with Crippen molar-refractivity contribution in [2.75, 3.05) is 0 Å². The minimum absolute atomic E-state index is 0. The third kappa shape index (κ3) is 8.41. The Morgan fingerprint density at radius 1 is 0.867 bits per heavy atom. The molecule has 0 aliphatic rings. The second-order valence-electron chi connectivity index (χ2n) is 16.7. The summed E-state index contributed by atoms with van der Waals surface area (Å²) in [5.41, 5.74) is 12.2. The number of hydrogen-bond donors (Lipinski definition) is 0. The summed E-state index contributed by atoms with van der Waals surface area (Å²) in [6.45, 7) is 8.43. The van der Waals surface area contributed by atoms with Crippen LogP contribution in [0.2, 0.25) is 17.3 Å². The fraction of sp³-hybridized carbons (Fsp3) is 0.212. The molecule has 0 spiro atoms. The topological polar surface area (TPSA) is 56.7 Å². The average molecular weight is 1030 g/mol. The van der Waals surface area contributed by atoms with Gasteiger partial charge in [-0.25, -0.2) is 0 Å². The van der Waals surface area contributed by atoms with Crippen molar-refractivity contribution >= 4 is 50.6 Å². The summed E-state index contributed by atoms with van der Waals surface area (Å²) in [6.07, 6.45) is 6.35. The Morgan fingerprint density at radius 3 is 2.37 bits per heavy atom. The van der Waals surface area contributed by atoms with E-state index in [0.717, 1.165) is 45.0 Å². The van der Waals surface area contributed by atoms with Crippen molar-refractivity contribution in [3.05, 3.63) is 161 Å². The fourth-order valence-corrected chi connectivity index (χ4v) is 11.5. The van der Waals surface area contributed by atoms with E-state index in [1.54, 1.807) is 36.7 Å². The first kappa shape index (κ1) is 37.8. The molecule has 1 radical (unpaired) electrons. The molecule has 4 heterocycles. The molecule has 0 aliphatic heterocycles.